The molecule has 21 heavy (non-hydrogen) atoms. The van der Waals surface area contributed by atoms with Crippen LogP contribution in [0.4, 0.5) is 0 Å². The zero-order valence-corrected chi connectivity index (χ0v) is 13.1. The smallest absolute Gasteiger partial charge is 0.191 e. The average Bonchev–Trinajstić information content (AvgIpc) is 2.93. The van der Waals surface area contributed by atoms with E-state index in [0.717, 1.165) is 37.7 Å². The molecule has 0 aromatic carbocycles. The number of aryl methyl sites for hydroxylation is 1. The number of rotatable bonds is 5. The molecule has 0 saturated heterocycles. The molecule has 7 nitrogen and oxygen atoms in total. The molecule has 0 fully saturated rings. The zero-order valence-electron chi connectivity index (χ0n) is 13.1. The topological polar surface area (TPSA) is 87.4 Å². The number of aromatic nitrogens is 3. The largest absolute Gasteiger partial charge is 0.388 e. The fourth-order valence-corrected chi connectivity index (χ4v) is 2.23. The third-order valence-corrected chi connectivity index (χ3v) is 3.83. The van der Waals surface area contributed by atoms with Gasteiger partial charge in [-0.05, 0) is 26.7 Å². The first kappa shape index (κ1) is 15.8. The maximum absolute atomic E-state index is 10.1. The maximum Gasteiger partial charge on any atom is 0.191 e. The van der Waals surface area contributed by atoms with E-state index in [4.69, 9.17) is 0 Å². The van der Waals surface area contributed by atoms with Gasteiger partial charge in [-0.15, -0.1) is 0 Å². The predicted molar refractivity (Wildman–Crippen MR) is 82.2 cm³/mol. The van der Waals surface area contributed by atoms with Gasteiger partial charge in [0.15, 0.2) is 5.96 Å². The summed E-state index contributed by atoms with van der Waals surface area (Å²) in [7, 11) is 0. The summed E-state index contributed by atoms with van der Waals surface area (Å²) >= 11 is 0. The zero-order chi connectivity index (χ0) is 15.3. The molecular formula is C14H26N6O. The van der Waals surface area contributed by atoms with Crippen LogP contribution in [0.5, 0.6) is 0 Å². The van der Waals surface area contributed by atoms with Crippen molar-refractivity contribution >= 4 is 5.96 Å². The van der Waals surface area contributed by atoms with Crippen LogP contribution in [0.3, 0.4) is 0 Å². The molecule has 1 aromatic rings. The summed E-state index contributed by atoms with van der Waals surface area (Å²) in [5.74, 6) is 1.80. The van der Waals surface area contributed by atoms with E-state index in [9.17, 15) is 5.11 Å². The third-order valence-electron chi connectivity index (χ3n) is 3.83. The molecule has 1 aromatic heterocycles. The van der Waals surface area contributed by atoms with Crippen molar-refractivity contribution in [2.45, 2.75) is 58.2 Å². The minimum atomic E-state index is -0.756. The highest BCUT2D eigenvalue weighted by molar-refractivity contribution is 5.80. The van der Waals surface area contributed by atoms with Crippen LogP contribution in [0.2, 0.25) is 0 Å². The van der Waals surface area contributed by atoms with Crippen molar-refractivity contribution in [1.82, 2.24) is 25.4 Å². The average molecular weight is 294 g/mol. The molecule has 2 heterocycles. The van der Waals surface area contributed by atoms with E-state index in [1.807, 2.05) is 25.5 Å². The van der Waals surface area contributed by atoms with E-state index in [2.05, 4.69) is 25.7 Å². The molecule has 1 aliphatic heterocycles. The van der Waals surface area contributed by atoms with Crippen LogP contribution in [-0.2, 0) is 13.0 Å². The highest BCUT2D eigenvalue weighted by Gasteiger charge is 2.21. The number of aliphatic imine (C=N–C) groups is 1. The van der Waals surface area contributed by atoms with Crippen molar-refractivity contribution < 1.29 is 5.11 Å². The molecule has 2 atom stereocenters. The van der Waals surface area contributed by atoms with Gasteiger partial charge in [0, 0.05) is 19.0 Å². The normalized spacial score (nSPS) is 21.5. The molecule has 0 spiro atoms. The maximum atomic E-state index is 10.1. The van der Waals surface area contributed by atoms with Crippen LogP contribution < -0.4 is 10.6 Å². The molecule has 0 saturated carbocycles. The van der Waals surface area contributed by atoms with E-state index in [1.54, 1.807) is 6.33 Å². The van der Waals surface area contributed by atoms with Crippen LogP contribution in [0.15, 0.2) is 11.3 Å². The SMILES string of the molecule is CCNC(=NCC(C)(O)CC)NC1CCc2ncnn2C1. The lowest BCUT2D eigenvalue weighted by Crippen LogP contribution is -2.47. The monoisotopic (exact) mass is 294 g/mol. The van der Waals surface area contributed by atoms with Crippen molar-refractivity contribution in [3.8, 4) is 0 Å². The fraction of sp³-hybridized carbons (Fsp3) is 0.786. The van der Waals surface area contributed by atoms with Crippen LogP contribution in [-0.4, -0.2) is 50.6 Å². The lowest BCUT2D eigenvalue weighted by atomic mass is 10.0. The lowest BCUT2D eigenvalue weighted by Gasteiger charge is -2.26. The quantitative estimate of drug-likeness (QED) is 0.537. The number of aliphatic hydroxyl groups is 1. The number of nitrogens with zero attached hydrogens (tertiary/aromatic N) is 4. The molecule has 0 bridgehead atoms. The molecule has 118 valence electrons. The van der Waals surface area contributed by atoms with Crippen molar-refractivity contribution in [2.75, 3.05) is 13.1 Å². The van der Waals surface area contributed by atoms with Gasteiger partial charge in [0.2, 0.25) is 0 Å². The number of nitrogens with one attached hydrogen (secondary N) is 2. The van der Waals surface area contributed by atoms with Crippen LogP contribution in [0.25, 0.3) is 0 Å². The van der Waals surface area contributed by atoms with Gasteiger partial charge in [0.1, 0.15) is 12.2 Å². The van der Waals surface area contributed by atoms with Crippen LogP contribution in [0.1, 0.15) is 39.4 Å². The molecule has 2 rings (SSSR count). The number of guanidine groups is 1. The van der Waals surface area contributed by atoms with Gasteiger partial charge in [0.25, 0.3) is 0 Å². The Morgan fingerprint density at radius 3 is 3.10 bits per heavy atom. The van der Waals surface area contributed by atoms with E-state index in [1.165, 1.54) is 0 Å². The lowest BCUT2D eigenvalue weighted by molar-refractivity contribution is 0.0656. The van der Waals surface area contributed by atoms with E-state index in [-0.39, 0.29) is 6.04 Å². The first-order valence-electron chi connectivity index (χ1n) is 7.68. The molecule has 0 aliphatic carbocycles. The first-order chi connectivity index (χ1) is 10.0. The van der Waals surface area contributed by atoms with Crippen LogP contribution >= 0.6 is 0 Å². The summed E-state index contributed by atoms with van der Waals surface area (Å²) in [4.78, 5) is 8.72. The van der Waals surface area contributed by atoms with Crippen molar-refractivity contribution in [3.05, 3.63) is 12.2 Å². The second kappa shape index (κ2) is 6.89. The van der Waals surface area contributed by atoms with Crippen molar-refractivity contribution in [2.24, 2.45) is 4.99 Å². The predicted octanol–water partition coefficient (Wildman–Crippen LogP) is 0.309. The number of hydrogen-bond acceptors (Lipinski definition) is 4. The molecular weight excluding hydrogens is 268 g/mol. The molecule has 1 aliphatic rings. The summed E-state index contributed by atoms with van der Waals surface area (Å²) in [6, 6.07) is 0.281. The fourth-order valence-electron chi connectivity index (χ4n) is 2.23. The Morgan fingerprint density at radius 1 is 1.57 bits per heavy atom. The summed E-state index contributed by atoms with van der Waals surface area (Å²) in [6.07, 6.45) is 4.22. The Morgan fingerprint density at radius 2 is 2.38 bits per heavy atom. The van der Waals surface area contributed by atoms with Crippen molar-refractivity contribution in [3.63, 3.8) is 0 Å². The van der Waals surface area contributed by atoms with Gasteiger partial charge in [-0.25, -0.2) is 9.67 Å². The van der Waals surface area contributed by atoms with E-state index in [0.29, 0.717) is 13.0 Å². The Balaban J connectivity index is 1.95. The van der Waals surface area contributed by atoms with Gasteiger partial charge < -0.3 is 15.7 Å². The highest BCUT2D eigenvalue weighted by Crippen LogP contribution is 2.12. The van der Waals surface area contributed by atoms with Gasteiger partial charge in [-0.1, -0.05) is 6.92 Å². The third kappa shape index (κ3) is 4.42. The minimum absolute atomic E-state index is 0.281. The Hall–Kier alpha value is -1.63. The second-order valence-corrected chi connectivity index (χ2v) is 5.78. The van der Waals surface area contributed by atoms with Crippen LogP contribution in [0, 0.1) is 0 Å². The summed E-state index contributed by atoms with van der Waals surface area (Å²) in [5.41, 5.74) is -0.756. The summed E-state index contributed by atoms with van der Waals surface area (Å²) in [6.45, 7) is 7.78. The molecule has 0 amide bonds. The molecule has 3 N–H and O–H groups in total. The number of hydrogen-bond donors (Lipinski definition) is 3. The van der Waals surface area contributed by atoms with Crippen molar-refractivity contribution in [1.29, 1.82) is 0 Å². The van der Waals surface area contributed by atoms with Gasteiger partial charge in [0.05, 0.1) is 18.7 Å². The standard InChI is InChI=1S/C14H26N6O/c1-4-14(3,21)9-16-13(15-5-2)19-11-6-7-12-17-10-18-20(12)8-11/h10-11,21H,4-9H2,1-3H3,(H2,15,16,19). The van der Waals surface area contributed by atoms with Gasteiger partial charge in [-0.3, -0.25) is 4.99 Å². The Kier molecular flexibility index (Phi) is 5.17. The van der Waals surface area contributed by atoms with Gasteiger partial charge in [-0.2, -0.15) is 5.10 Å². The molecule has 0 radical (unpaired) electrons. The molecule has 7 heteroatoms. The van der Waals surface area contributed by atoms with E-state index < -0.39 is 5.60 Å². The second-order valence-electron chi connectivity index (χ2n) is 5.78. The summed E-state index contributed by atoms with van der Waals surface area (Å²) in [5, 5.41) is 20.9. The minimum Gasteiger partial charge on any atom is -0.388 e. The highest BCUT2D eigenvalue weighted by atomic mass is 16.3. The molecule has 2 unspecified atom stereocenters. The first-order valence-corrected chi connectivity index (χ1v) is 7.68. The Bertz CT molecular complexity index is 482. The summed E-state index contributed by atoms with van der Waals surface area (Å²) < 4.78 is 1.94. The van der Waals surface area contributed by atoms with Gasteiger partial charge >= 0.3 is 0 Å². The Labute approximate surface area is 125 Å². The van der Waals surface area contributed by atoms with E-state index >= 15 is 0 Å². The number of fused-ring (bicyclic) bond motifs is 1.